The zero-order chi connectivity index (χ0) is 14.3. The Morgan fingerprint density at radius 2 is 2.05 bits per heavy atom. The Labute approximate surface area is 122 Å². The summed E-state index contributed by atoms with van der Waals surface area (Å²) >= 11 is 3.36. The highest BCUT2D eigenvalue weighted by molar-refractivity contribution is 9.10. The molecule has 3 N–H and O–H groups in total. The summed E-state index contributed by atoms with van der Waals surface area (Å²) in [5, 5.41) is 22.2. The fraction of sp³-hybridized carbons (Fsp3) is 0.571. The molecule has 1 aromatic carbocycles. The number of rotatable bonds is 8. The highest BCUT2D eigenvalue weighted by Gasteiger charge is 2.09. The quantitative estimate of drug-likeness (QED) is 0.681. The van der Waals surface area contributed by atoms with Gasteiger partial charge in [-0.2, -0.15) is 0 Å². The van der Waals surface area contributed by atoms with Crippen molar-refractivity contribution < 1.29 is 14.9 Å². The zero-order valence-corrected chi connectivity index (χ0v) is 12.9. The topological polar surface area (TPSA) is 61.7 Å². The van der Waals surface area contributed by atoms with Crippen LogP contribution in [0, 0.1) is 0 Å². The number of benzene rings is 1. The summed E-state index contributed by atoms with van der Waals surface area (Å²) in [7, 11) is 0. The predicted molar refractivity (Wildman–Crippen MR) is 79.4 cm³/mol. The molecule has 19 heavy (non-hydrogen) atoms. The molecule has 0 aliphatic carbocycles. The molecule has 0 amide bonds. The lowest BCUT2D eigenvalue weighted by Crippen LogP contribution is -2.37. The van der Waals surface area contributed by atoms with E-state index >= 15 is 0 Å². The average Bonchev–Trinajstić information content (AvgIpc) is 2.33. The van der Waals surface area contributed by atoms with E-state index in [0.717, 1.165) is 10.2 Å². The lowest BCUT2D eigenvalue weighted by atomic mass is 10.1. The molecule has 5 heteroatoms. The third kappa shape index (κ3) is 7.52. The minimum Gasteiger partial charge on any atom is -0.491 e. The lowest BCUT2D eigenvalue weighted by Gasteiger charge is -2.18. The molecule has 0 aromatic heterocycles. The molecule has 0 spiro atoms. The molecular formula is C14H22BrNO3. The van der Waals surface area contributed by atoms with Crippen LogP contribution < -0.4 is 10.1 Å². The number of nitrogens with one attached hydrogen (secondary N) is 1. The number of aliphatic hydroxyl groups is 2. The normalized spacial score (nSPS) is 15.8. The molecule has 0 radical (unpaired) electrons. The van der Waals surface area contributed by atoms with Crippen LogP contribution in [0.2, 0.25) is 0 Å². The van der Waals surface area contributed by atoms with E-state index in [1.54, 1.807) is 6.92 Å². The molecule has 3 atom stereocenters. The monoisotopic (exact) mass is 331 g/mol. The van der Waals surface area contributed by atoms with Gasteiger partial charge in [-0.05, 0) is 38.5 Å². The van der Waals surface area contributed by atoms with Crippen molar-refractivity contribution in [2.45, 2.75) is 38.5 Å². The maximum absolute atomic E-state index is 9.80. The van der Waals surface area contributed by atoms with Gasteiger partial charge in [0, 0.05) is 17.1 Å². The second-order valence-electron chi connectivity index (χ2n) is 4.82. The number of ether oxygens (including phenoxy) is 1. The molecule has 1 rings (SSSR count). The van der Waals surface area contributed by atoms with E-state index < -0.39 is 6.10 Å². The Balaban J connectivity index is 2.22. The third-order valence-electron chi connectivity index (χ3n) is 2.64. The summed E-state index contributed by atoms with van der Waals surface area (Å²) in [4.78, 5) is 0. The van der Waals surface area contributed by atoms with E-state index in [1.165, 1.54) is 0 Å². The van der Waals surface area contributed by atoms with Crippen molar-refractivity contribution >= 4 is 15.9 Å². The first kappa shape index (κ1) is 16.4. The van der Waals surface area contributed by atoms with Crippen LogP contribution in [0.4, 0.5) is 0 Å². The molecule has 108 valence electrons. The van der Waals surface area contributed by atoms with Crippen molar-refractivity contribution in [1.29, 1.82) is 0 Å². The van der Waals surface area contributed by atoms with Crippen LogP contribution in [0.3, 0.4) is 0 Å². The van der Waals surface area contributed by atoms with E-state index in [0.29, 0.717) is 13.0 Å². The Bertz CT molecular complexity index is 373. The van der Waals surface area contributed by atoms with E-state index in [9.17, 15) is 10.2 Å². The molecule has 3 unspecified atom stereocenters. The Morgan fingerprint density at radius 1 is 1.32 bits per heavy atom. The van der Waals surface area contributed by atoms with Crippen LogP contribution in [0.25, 0.3) is 0 Å². The number of hydrogen-bond acceptors (Lipinski definition) is 4. The van der Waals surface area contributed by atoms with Gasteiger partial charge in [-0.15, -0.1) is 0 Å². The predicted octanol–water partition coefficient (Wildman–Crippen LogP) is 1.94. The van der Waals surface area contributed by atoms with Crippen LogP contribution >= 0.6 is 15.9 Å². The van der Waals surface area contributed by atoms with E-state index in [-0.39, 0.29) is 18.8 Å². The van der Waals surface area contributed by atoms with Gasteiger partial charge in [-0.25, -0.2) is 0 Å². The van der Waals surface area contributed by atoms with E-state index in [2.05, 4.69) is 21.2 Å². The highest BCUT2D eigenvalue weighted by Crippen LogP contribution is 2.17. The Morgan fingerprint density at radius 3 is 2.68 bits per heavy atom. The average molecular weight is 332 g/mol. The number of hydrogen-bond donors (Lipinski definition) is 3. The van der Waals surface area contributed by atoms with Crippen LogP contribution in [-0.4, -0.2) is 41.6 Å². The van der Waals surface area contributed by atoms with Crippen molar-refractivity contribution in [1.82, 2.24) is 5.32 Å². The SMILES string of the molecule is CC(O)CC(C)NCC(O)COc1cccc(Br)c1. The summed E-state index contributed by atoms with van der Waals surface area (Å²) in [5.74, 6) is 0.727. The largest absolute Gasteiger partial charge is 0.491 e. The minimum atomic E-state index is -0.574. The molecule has 0 aliphatic rings. The molecule has 0 aliphatic heterocycles. The lowest BCUT2D eigenvalue weighted by molar-refractivity contribution is 0.100. The van der Waals surface area contributed by atoms with Crippen LogP contribution in [0.1, 0.15) is 20.3 Å². The van der Waals surface area contributed by atoms with Gasteiger partial charge >= 0.3 is 0 Å². The fourth-order valence-corrected chi connectivity index (χ4v) is 2.12. The Hall–Kier alpha value is -0.620. The first-order valence-electron chi connectivity index (χ1n) is 6.45. The van der Waals surface area contributed by atoms with Crippen molar-refractivity contribution in [2.75, 3.05) is 13.2 Å². The molecule has 0 heterocycles. The van der Waals surface area contributed by atoms with Gasteiger partial charge in [0.25, 0.3) is 0 Å². The van der Waals surface area contributed by atoms with Crippen molar-refractivity contribution in [3.05, 3.63) is 28.7 Å². The second-order valence-corrected chi connectivity index (χ2v) is 5.73. The minimum absolute atomic E-state index is 0.167. The first-order chi connectivity index (χ1) is 8.97. The smallest absolute Gasteiger partial charge is 0.120 e. The van der Waals surface area contributed by atoms with Crippen molar-refractivity contribution in [3.63, 3.8) is 0 Å². The van der Waals surface area contributed by atoms with E-state index in [1.807, 2.05) is 31.2 Å². The van der Waals surface area contributed by atoms with Gasteiger partial charge < -0.3 is 20.3 Å². The summed E-state index contributed by atoms with van der Waals surface area (Å²) in [6.07, 6.45) is -0.243. The standard InChI is InChI=1S/C14H22BrNO3/c1-10(6-11(2)17)16-8-13(18)9-19-14-5-3-4-12(15)7-14/h3-5,7,10-11,13,16-18H,6,8-9H2,1-2H3. The van der Waals surface area contributed by atoms with Gasteiger partial charge in [0.1, 0.15) is 18.5 Å². The van der Waals surface area contributed by atoms with Gasteiger partial charge in [-0.3, -0.25) is 0 Å². The molecule has 4 nitrogen and oxygen atoms in total. The first-order valence-corrected chi connectivity index (χ1v) is 7.24. The van der Waals surface area contributed by atoms with E-state index in [4.69, 9.17) is 4.74 Å². The molecule has 0 bridgehead atoms. The maximum Gasteiger partial charge on any atom is 0.120 e. The van der Waals surface area contributed by atoms with Crippen LogP contribution in [0.15, 0.2) is 28.7 Å². The van der Waals surface area contributed by atoms with Crippen LogP contribution in [-0.2, 0) is 0 Å². The van der Waals surface area contributed by atoms with Crippen LogP contribution in [0.5, 0.6) is 5.75 Å². The van der Waals surface area contributed by atoms with Gasteiger partial charge in [0.2, 0.25) is 0 Å². The number of aliphatic hydroxyl groups excluding tert-OH is 2. The maximum atomic E-state index is 9.80. The van der Waals surface area contributed by atoms with Gasteiger partial charge in [0.05, 0.1) is 6.10 Å². The fourth-order valence-electron chi connectivity index (χ4n) is 1.74. The third-order valence-corrected chi connectivity index (χ3v) is 3.13. The second kappa shape index (κ2) is 8.53. The van der Waals surface area contributed by atoms with Gasteiger partial charge in [0.15, 0.2) is 0 Å². The molecule has 1 aromatic rings. The molecule has 0 saturated carbocycles. The number of halogens is 1. The molecule has 0 fully saturated rings. The summed E-state index contributed by atoms with van der Waals surface area (Å²) in [6.45, 7) is 4.42. The summed E-state index contributed by atoms with van der Waals surface area (Å²) in [5.41, 5.74) is 0. The van der Waals surface area contributed by atoms with Gasteiger partial charge in [-0.1, -0.05) is 22.0 Å². The van der Waals surface area contributed by atoms with Crippen molar-refractivity contribution in [3.8, 4) is 5.75 Å². The van der Waals surface area contributed by atoms with Crippen molar-refractivity contribution in [2.24, 2.45) is 0 Å². The summed E-state index contributed by atoms with van der Waals surface area (Å²) < 4.78 is 6.44. The Kier molecular flexibility index (Phi) is 7.38. The zero-order valence-electron chi connectivity index (χ0n) is 11.3. The summed E-state index contributed by atoms with van der Waals surface area (Å²) in [6, 6.07) is 7.68. The highest BCUT2D eigenvalue weighted by atomic mass is 79.9. The molecule has 0 saturated heterocycles. The molecular weight excluding hydrogens is 310 g/mol.